The van der Waals surface area contributed by atoms with Crippen LogP contribution in [-0.4, -0.2) is 28.5 Å². The van der Waals surface area contributed by atoms with Crippen molar-refractivity contribution in [3.05, 3.63) is 48.0 Å². The zero-order valence-electron chi connectivity index (χ0n) is 12.3. The fourth-order valence-corrected chi connectivity index (χ4v) is 2.72. The summed E-state index contributed by atoms with van der Waals surface area (Å²) < 4.78 is 5.34. The zero-order chi connectivity index (χ0) is 14.9. The molecule has 0 aliphatic carbocycles. The molecule has 0 fully saturated rings. The topological polar surface area (TPSA) is 58.3 Å². The van der Waals surface area contributed by atoms with Crippen molar-refractivity contribution < 1.29 is 9.52 Å². The fraction of sp³-hybridized carbons (Fsp3) is 0.438. The van der Waals surface area contributed by atoms with E-state index in [1.54, 1.807) is 18.0 Å². The van der Waals surface area contributed by atoms with Gasteiger partial charge in [-0.2, -0.15) is 11.8 Å². The molecular weight excluding hydrogens is 284 g/mol. The third kappa shape index (κ3) is 5.81. The standard InChI is InChI=1S/C16H22N2O2S/c1-13(4-5-15-3-2-9-20-15)18-16-11-14(6-7-17-16)12-21-10-8-19/h2-3,6-7,9,11,13,19H,4-5,8,10,12H2,1H3,(H,17,18). The van der Waals surface area contributed by atoms with Gasteiger partial charge in [0.15, 0.2) is 0 Å². The molecule has 1 unspecified atom stereocenters. The monoisotopic (exact) mass is 306 g/mol. The summed E-state index contributed by atoms with van der Waals surface area (Å²) in [6, 6.07) is 8.35. The summed E-state index contributed by atoms with van der Waals surface area (Å²) in [6.45, 7) is 2.38. The van der Waals surface area contributed by atoms with Crippen LogP contribution in [0.3, 0.4) is 0 Å². The van der Waals surface area contributed by atoms with Crippen molar-refractivity contribution in [3.63, 3.8) is 0 Å². The van der Waals surface area contributed by atoms with Crippen molar-refractivity contribution in [2.45, 2.75) is 31.6 Å². The Balaban J connectivity index is 1.79. The molecular formula is C16H22N2O2S. The highest BCUT2D eigenvalue weighted by Crippen LogP contribution is 2.16. The van der Waals surface area contributed by atoms with E-state index < -0.39 is 0 Å². The van der Waals surface area contributed by atoms with Crippen LogP contribution < -0.4 is 5.32 Å². The highest BCUT2D eigenvalue weighted by molar-refractivity contribution is 7.98. The molecule has 2 aromatic rings. The largest absolute Gasteiger partial charge is 0.469 e. The first-order valence-electron chi connectivity index (χ1n) is 7.20. The van der Waals surface area contributed by atoms with Crippen LogP contribution in [0.1, 0.15) is 24.7 Å². The molecule has 114 valence electrons. The SMILES string of the molecule is CC(CCc1ccco1)Nc1cc(CSCCO)ccn1. The van der Waals surface area contributed by atoms with E-state index in [-0.39, 0.29) is 6.61 Å². The molecule has 4 nitrogen and oxygen atoms in total. The Labute approximate surface area is 130 Å². The summed E-state index contributed by atoms with van der Waals surface area (Å²) in [5.74, 6) is 3.60. The maximum atomic E-state index is 8.80. The van der Waals surface area contributed by atoms with Gasteiger partial charge in [-0.05, 0) is 43.2 Å². The van der Waals surface area contributed by atoms with Gasteiger partial charge in [0.2, 0.25) is 0 Å². The Bertz CT molecular complexity index is 517. The Morgan fingerprint density at radius 1 is 1.43 bits per heavy atom. The quantitative estimate of drug-likeness (QED) is 0.696. The molecule has 0 saturated heterocycles. The minimum atomic E-state index is 0.227. The second-order valence-corrected chi connectivity index (χ2v) is 6.09. The number of nitrogens with one attached hydrogen (secondary N) is 1. The third-order valence-corrected chi connectivity index (χ3v) is 4.14. The lowest BCUT2D eigenvalue weighted by molar-refractivity contribution is 0.322. The van der Waals surface area contributed by atoms with Crippen LogP contribution in [0.15, 0.2) is 41.1 Å². The van der Waals surface area contributed by atoms with Crippen LogP contribution in [0, 0.1) is 0 Å². The summed E-state index contributed by atoms with van der Waals surface area (Å²) in [6.07, 6.45) is 5.46. The average molecular weight is 306 g/mol. The van der Waals surface area contributed by atoms with Gasteiger partial charge in [-0.25, -0.2) is 4.98 Å². The second kappa shape index (κ2) is 8.74. The third-order valence-electron chi connectivity index (χ3n) is 3.13. The lowest BCUT2D eigenvalue weighted by Crippen LogP contribution is -2.16. The van der Waals surface area contributed by atoms with Gasteiger partial charge in [-0.15, -0.1) is 0 Å². The number of aliphatic hydroxyl groups is 1. The molecule has 0 bridgehead atoms. The Morgan fingerprint density at radius 3 is 3.10 bits per heavy atom. The average Bonchev–Trinajstić information content (AvgIpc) is 2.99. The number of pyridine rings is 1. The number of aliphatic hydroxyl groups excluding tert-OH is 1. The van der Waals surface area contributed by atoms with Gasteiger partial charge in [-0.3, -0.25) is 0 Å². The normalized spacial score (nSPS) is 12.3. The smallest absolute Gasteiger partial charge is 0.126 e. The second-order valence-electron chi connectivity index (χ2n) is 4.99. The van der Waals surface area contributed by atoms with Crippen LogP contribution in [0.2, 0.25) is 0 Å². The van der Waals surface area contributed by atoms with Crippen LogP contribution in [0.25, 0.3) is 0 Å². The van der Waals surface area contributed by atoms with E-state index in [0.29, 0.717) is 6.04 Å². The van der Waals surface area contributed by atoms with Gasteiger partial charge in [0, 0.05) is 30.2 Å². The van der Waals surface area contributed by atoms with Crippen molar-refractivity contribution >= 4 is 17.6 Å². The van der Waals surface area contributed by atoms with Gasteiger partial charge in [0.05, 0.1) is 12.9 Å². The van der Waals surface area contributed by atoms with Gasteiger partial charge in [0.1, 0.15) is 11.6 Å². The van der Waals surface area contributed by atoms with E-state index in [9.17, 15) is 0 Å². The van der Waals surface area contributed by atoms with Crippen molar-refractivity contribution in [1.29, 1.82) is 0 Å². The molecule has 0 aromatic carbocycles. The van der Waals surface area contributed by atoms with E-state index in [0.717, 1.165) is 35.9 Å². The highest BCUT2D eigenvalue weighted by Gasteiger charge is 2.05. The number of nitrogens with zero attached hydrogens (tertiary/aromatic N) is 1. The minimum absolute atomic E-state index is 0.227. The van der Waals surface area contributed by atoms with E-state index in [2.05, 4.69) is 23.3 Å². The molecule has 0 amide bonds. The molecule has 2 heterocycles. The summed E-state index contributed by atoms with van der Waals surface area (Å²) in [7, 11) is 0. The van der Waals surface area contributed by atoms with Crippen LogP contribution in [-0.2, 0) is 12.2 Å². The maximum Gasteiger partial charge on any atom is 0.126 e. The molecule has 0 spiro atoms. The lowest BCUT2D eigenvalue weighted by Gasteiger charge is -2.14. The highest BCUT2D eigenvalue weighted by atomic mass is 32.2. The van der Waals surface area contributed by atoms with Crippen molar-refractivity contribution in [2.24, 2.45) is 0 Å². The van der Waals surface area contributed by atoms with E-state index in [1.807, 2.05) is 24.4 Å². The Kier molecular flexibility index (Phi) is 6.63. The molecule has 0 aliphatic rings. The van der Waals surface area contributed by atoms with Gasteiger partial charge >= 0.3 is 0 Å². The number of furan rings is 1. The number of rotatable bonds is 9. The Hall–Kier alpha value is -1.46. The molecule has 5 heteroatoms. The number of aryl methyl sites for hydroxylation is 1. The first-order valence-corrected chi connectivity index (χ1v) is 8.36. The number of aromatic nitrogens is 1. The molecule has 0 saturated carbocycles. The zero-order valence-corrected chi connectivity index (χ0v) is 13.1. The summed E-state index contributed by atoms with van der Waals surface area (Å²) in [5, 5.41) is 12.2. The summed E-state index contributed by atoms with van der Waals surface area (Å²) in [5.41, 5.74) is 1.23. The first kappa shape index (κ1) is 15.9. The van der Waals surface area contributed by atoms with Crippen molar-refractivity contribution in [2.75, 3.05) is 17.7 Å². The van der Waals surface area contributed by atoms with Crippen LogP contribution in [0.4, 0.5) is 5.82 Å². The van der Waals surface area contributed by atoms with E-state index in [1.165, 1.54) is 5.56 Å². The van der Waals surface area contributed by atoms with Gasteiger partial charge < -0.3 is 14.8 Å². The van der Waals surface area contributed by atoms with E-state index >= 15 is 0 Å². The van der Waals surface area contributed by atoms with Gasteiger partial charge in [0.25, 0.3) is 0 Å². The minimum Gasteiger partial charge on any atom is -0.469 e. The molecule has 0 aliphatic heterocycles. The predicted molar refractivity (Wildman–Crippen MR) is 87.6 cm³/mol. The maximum absolute atomic E-state index is 8.80. The van der Waals surface area contributed by atoms with Crippen LogP contribution in [0.5, 0.6) is 0 Å². The molecule has 2 aromatic heterocycles. The first-order chi connectivity index (χ1) is 10.3. The molecule has 1 atom stereocenters. The number of thioether (sulfide) groups is 1. The fourth-order valence-electron chi connectivity index (χ4n) is 2.04. The molecule has 2 rings (SSSR count). The number of hydrogen-bond acceptors (Lipinski definition) is 5. The number of anilines is 1. The molecule has 2 N–H and O–H groups in total. The van der Waals surface area contributed by atoms with Crippen LogP contribution >= 0.6 is 11.8 Å². The Morgan fingerprint density at radius 2 is 2.33 bits per heavy atom. The van der Waals surface area contributed by atoms with Gasteiger partial charge in [-0.1, -0.05) is 0 Å². The lowest BCUT2D eigenvalue weighted by atomic mass is 10.1. The molecule has 21 heavy (non-hydrogen) atoms. The van der Waals surface area contributed by atoms with E-state index in [4.69, 9.17) is 9.52 Å². The van der Waals surface area contributed by atoms with Crippen molar-refractivity contribution in [1.82, 2.24) is 4.98 Å². The summed E-state index contributed by atoms with van der Waals surface area (Å²) in [4.78, 5) is 4.36. The van der Waals surface area contributed by atoms with Crippen molar-refractivity contribution in [3.8, 4) is 0 Å². The number of hydrogen-bond donors (Lipinski definition) is 2. The molecule has 0 radical (unpaired) electrons. The summed E-state index contributed by atoms with van der Waals surface area (Å²) >= 11 is 1.72. The predicted octanol–water partition coefficient (Wildman–Crippen LogP) is 3.33.